The van der Waals surface area contributed by atoms with Crippen molar-refractivity contribution < 1.29 is 9.90 Å². The van der Waals surface area contributed by atoms with Gasteiger partial charge in [-0.25, -0.2) is 0 Å². The average molecular weight is 210 g/mol. The monoisotopic (exact) mass is 210 g/mol. The molecule has 0 aliphatic rings. The van der Waals surface area contributed by atoms with Crippen LogP contribution in [0.15, 0.2) is 30.3 Å². The van der Waals surface area contributed by atoms with Crippen LogP contribution >= 0.6 is 0 Å². The Morgan fingerprint density at radius 3 is 2.75 bits per heavy atom. The summed E-state index contributed by atoms with van der Waals surface area (Å²) in [4.78, 5) is 13.6. The minimum Gasteiger partial charge on any atom is -0.481 e. The summed E-state index contributed by atoms with van der Waals surface area (Å²) in [5.41, 5.74) is 2.22. The summed E-state index contributed by atoms with van der Waals surface area (Å²) >= 11 is 0. The fraction of sp³-hybridized carbons (Fsp3) is 0.250. The molecule has 1 aromatic heterocycles. The van der Waals surface area contributed by atoms with Crippen LogP contribution in [0.1, 0.15) is 18.5 Å². The molecule has 2 rings (SSSR count). The number of hydrogen-bond donors (Lipinski definition) is 2. The van der Waals surface area contributed by atoms with Crippen LogP contribution in [0, 0.1) is 0 Å². The zero-order chi connectivity index (χ0) is 10.7. The summed E-state index contributed by atoms with van der Waals surface area (Å²) in [6, 6.07) is 10.1. The van der Waals surface area contributed by atoms with Crippen molar-refractivity contribution in [2.75, 3.05) is 0 Å². The molecule has 2 aromatic rings. The number of aromatic amines is 1. The van der Waals surface area contributed by atoms with Gasteiger partial charge in [0.1, 0.15) is 0 Å². The summed E-state index contributed by atoms with van der Waals surface area (Å²) in [5.74, 6) is -0.730. The van der Waals surface area contributed by atoms with Gasteiger partial charge < -0.3 is 10.1 Å². The molecular weight excluding hydrogens is 197 g/mol. The SMILES string of the molecule is O=C(O)CCCc1cc2ccccc2[nH]1.[Li]. The van der Waals surface area contributed by atoms with Crippen molar-refractivity contribution in [3.63, 3.8) is 0 Å². The van der Waals surface area contributed by atoms with Gasteiger partial charge in [0.15, 0.2) is 0 Å². The van der Waals surface area contributed by atoms with Crippen LogP contribution in [0.2, 0.25) is 0 Å². The second kappa shape index (κ2) is 5.79. The number of H-pyrrole nitrogens is 1. The van der Waals surface area contributed by atoms with Gasteiger partial charge >= 0.3 is 5.97 Å². The largest absolute Gasteiger partial charge is 0.481 e. The maximum atomic E-state index is 10.4. The van der Waals surface area contributed by atoms with Crippen LogP contribution in [0.25, 0.3) is 10.9 Å². The molecule has 1 radical (unpaired) electrons. The zero-order valence-electron chi connectivity index (χ0n) is 9.36. The van der Waals surface area contributed by atoms with Gasteiger partial charge in [0.25, 0.3) is 0 Å². The normalized spacial score (nSPS) is 10.0. The van der Waals surface area contributed by atoms with Crippen LogP contribution in [-0.4, -0.2) is 34.9 Å². The van der Waals surface area contributed by atoms with Gasteiger partial charge in [-0.1, -0.05) is 18.2 Å². The van der Waals surface area contributed by atoms with Crippen molar-refractivity contribution in [2.24, 2.45) is 0 Å². The standard InChI is InChI=1S/C12H13NO2.Li/c14-12(15)7-3-5-10-8-9-4-1-2-6-11(9)13-10;/h1-2,4,6,8,13H,3,5,7H2,(H,14,15);. The maximum Gasteiger partial charge on any atom is 0.303 e. The van der Waals surface area contributed by atoms with Crippen molar-refractivity contribution >= 4 is 35.7 Å². The minimum atomic E-state index is -0.730. The molecule has 1 heterocycles. The van der Waals surface area contributed by atoms with Crippen molar-refractivity contribution in [1.29, 1.82) is 0 Å². The number of carboxylic acid groups (broad SMARTS) is 1. The Labute approximate surface area is 106 Å². The van der Waals surface area contributed by atoms with Crippen molar-refractivity contribution in [2.45, 2.75) is 19.3 Å². The number of fused-ring (bicyclic) bond motifs is 1. The van der Waals surface area contributed by atoms with Gasteiger partial charge in [0, 0.05) is 36.5 Å². The van der Waals surface area contributed by atoms with Crippen LogP contribution in [0.3, 0.4) is 0 Å². The van der Waals surface area contributed by atoms with Gasteiger partial charge in [-0.3, -0.25) is 4.79 Å². The molecule has 0 spiro atoms. The van der Waals surface area contributed by atoms with Crippen LogP contribution in [0.5, 0.6) is 0 Å². The molecule has 0 unspecified atom stereocenters. The van der Waals surface area contributed by atoms with Gasteiger partial charge in [-0.15, -0.1) is 0 Å². The molecular formula is C12H13LiNO2. The molecule has 0 aliphatic heterocycles. The van der Waals surface area contributed by atoms with Crippen molar-refractivity contribution in [1.82, 2.24) is 4.98 Å². The number of carboxylic acids is 1. The van der Waals surface area contributed by atoms with E-state index in [2.05, 4.69) is 11.1 Å². The van der Waals surface area contributed by atoms with E-state index >= 15 is 0 Å². The summed E-state index contributed by atoms with van der Waals surface area (Å²) in [6.45, 7) is 0. The number of aryl methyl sites for hydroxylation is 1. The van der Waals surface area contributed by atoms with E-state index in [4.69, 9.17) is 5.11 Å². The summed E-state index contributed by atoms with van der Waals surface area (Å²) < 4.78 is 0. The van der Waals surface area contributed by atoms with Crippen LogP contribution in [-0.2, 0) is 11.2 Å². The number of benzene rings is 1. The molecule has 3 nitrogen and oxygen atoms in total. The first-order valence-electron chi connectivity index (χ1n) is 5.04. The first-order chi connectivity index (χ1) is 7.25. The quantitative estimate of drug-likeness (QED) is 0.760. The van der Waals surface area contributed by atoms with Gasteiger partial charge in [0.2, 0.25) is 0 Å². The first-order valence-corrected chi connectivity index (χ1v) is 5.04. The fourth-order valence-corrected chi connectivity index (χ4v) is 1.70. The van der Waals surface area contributed by atoms with Crippen molar-refractivity contribution in [3.8, 4) is 0 Å². The minimum absolute atomic E-state index is 0. The Bertz CT molecular complexity index is 446. The third-order valence-corrected chi connectivity index (χ3v) is 2.42. The molecule has 0 aliphatic carbocycles. The van der Waals surface area contributed by atoms with E-state index in [0.717, 1.165) is 17.6 Å². The average Bonchev–Trinajstić information content (AvgIpc) is 2.59. The van der Waals surface area contributed by atoms with E-state index < -0.39 is 5.97 Å². The topological polar surface area (TPSA) is 53.1 Å². The Morgan fingerprint density at radius 2 is 2.06 bits per heavy atom. The summed E-state index contributed by atoms with van der Waals surface area (Å²) in [5, 5.41) is 9.70. The van der Waals surface area contributed by atoms with E-state index in [1.165, 1.54) is 5.39 Å². The van der Waals surface area contributed by atoms with Gasteiger partial charge in [-0.2, -0.15) is 0 Å². The zero-order valence-corrected chi connectivity index (χ0v) is 9.36. The second-order valence-electron chi connectivity index (χ2n) is 3.63. The van der Waals surface area contributed by atoms with Crippen molar-refractivity contribution in [3.05, 3.63) is 36.0 Å². The molecule has 2 N–H and O–H groups in total. The fourth-order valence-electron chi connectivity index (χ4n) is 1.70. The molecule has 1 aromatic carbocycles. The second-order valence-corrected chi connectivity index (χ2v) is 3.63. The van der Waals surface area contributed by atoms with E-state index in [9.17, 15) is 4.79 Å². The Hall–Kier alpha value is -1.17. The smallest absolute Gasteiger partial charge is 0.303 e. The van der Waals surface area contributed by atoms with E-state index in [0.29, 0.717) is 6.42 Å². The molecule has 0 saturated carbocycles. The molecule has 4 heteroatoms. The number of para-hydroxylation sites is 1. The number of aliphatic carboxylic acids is 1. The Morgan fingerprint density at radius 1 is 1.31 bits per heavy atom. The number of nitrogens with one attached hydrogen (secondary N) is 1. The predicted molar refractivity (Wildman–Crippen MR) is 64.6 cm³/mol. The third kappa shape index (κ3) is 3.16. The van der Waals surface area contributed by atoms with Crippen LogP contribution in [0.4, 0.5) is 0 Å². The number of aromatic nitrogens is 1. The molecule has 16 heavy (non-hydrogen) atoms. The van der Waals surface area contributed by atoms with E-state index in [1.54, 1.807) is 0 Å². The molecule has 0 bridgehead atoms. The molecule has 0 atom stereocenters. The summed E-state index contributed by atoms with van der Waals surface area (Å²) in [7, 11) is 0. The van der Waals surface area contributed by atoms with E-state index in [1.807, 2.05) is 24.3 Å². The summed E-state index contributed by atoms with van der Waals surface area (Å²) in [6.07, 6.45) is 1.71. The maximum absolute atomic E-state index is 10.4. The molecule has 0 fully saturated rings. The number of rotatable bonds is 4. The Kier molecular flexibility index (Phi) is 4.66. The third-order valence-electron chi connectivity index (χ3n) is 2.42. The molecule has 0 amide bonds. The first kappa shape index (κ1) is 12.9. The number of carbonyl (C=O) groups is 1. The number of hydrogen-bond acceptors (Lipinski definition) is 1. The van der Waals surface area contributed by atoms with E-state index in [-0.39, 0.29) is 25.3 Å². The Balaban J connectivity index is 0.00000128. The predicted octanol–water partition coefficient (Wildman–Crippen LogP) is 2.19. The van der Waals surface area contributed by atoms with Gasteiger partial charge in [0.05, 0.1) is 0 Å². The van der Waals surface area contributed by atoms with Gasteiger partial charge in [-0.05, 0) is 30.4 Å². The molecule has 79 valence electrons. The van der Waals surface area contributed by atoms with Crippen LogP contribution < -0.4 is 0 Å². The molecule has 0 saturated heterocycles.